The molecule has 9 heteroatoms. The van der Waals surface area contributed by atoms with Crippen molar-refractivity contribution in [3.8, 4) is 0 Å². The Hall–Kier alpha value is -2.68. The average molecular weight is 308 g/mol. The number of hydrogen-bond donors (Lipinski definition) is 3. The number of amides is 3. The number of carbonyl (C=O) groups excluding carboxylic acids is 2. The molecule has 0 unspecified atom stereocenters. The highest BCUT2D eigenvalue weighted by Crippen LogP contribution is 2.21. The van der Waals surface area contributed by atoms with Crippen molar-refractivity contribution < 1.29 is 19.5 Å². The molecule has 0 aliphatic carbocycles. The van der Waals surface area contributed by atoms with Gasteiger partial charge in [0.25, 0.3) is 0 Å². The average Bonchev–Trinajstić information content (AvgIpc) is 2.84. The Bertz CT molecular complexity index is 683. The fourth-order valence-electron chi connectivity index (χ4n) is 1.69. The summed E-state index contributed by atoms with van der Waals surface area (Å²) in [7, 11) is 0. The van der Waals surface area contributed by atoms with Crippen LogP contribution in [0.1, 0.15) is 0 Å². The van der Waals surface area contributed by atoms with Crippen molar-refractivity contribution in [3.63, 3.8) is 0 Å². The Morgan fingerprint density at radius 1 is 1.33 bits per heavy atom. The van der Waals surface area contributed by atoms with Gasteiger partial charge in [-0.2, -0.15) is 0 Å². The van der Waals surface area contributed by atoms with Gasteiger partial charge in [-0.3, -0.25) is 9.59 Å². The van der Waals surface area contributed by atoms with Gasteiger partial charge >= 0.3 is 12.0 Å². The monoisotopic (exact) mass is 308 g/mol. The van der Waals surface area contributed by atoms with Crippen molar-refractivity contribution in [1.29, 1.82) is 0 Å². The Morgan fingerprint density at radius 2 is 2.10 bits per heavy atom. The van der Waals surface area contributed by atoms with E-state index >= 15 is 0 Å². The topological polar surface area (TPSA) is 126 Å². The first-order chi connectivity index (χ1) is 9.95. The lowest BCUT2D eigenvalue weighted by molar-refractivity contribution is -0.137. The van der Waals surface area contributed by atoms with E-state index in [1.54, 1.807) is 23.7 Å². The first kappa shape index (κ1) is 14.7. The van der Waals surface area contributed by atoms with Crippen molar-refractivity contribution in [2.24, 2.45) is 5.73 Å². The van der Waals surface area contributed by atoms with E-state index < -0.39 is 31.0 Å². The van der Waals surface area contributed by atoms with E-state index in [9.17, 15) is 14.4 Å². The third-order valence-electron chi connectivity index (χ3n) is 2.54. The number of thiazole rings is 1. The lowest BCUT2D eigenvalue weighted by Crippen LogP contribution is -2.43. The second-order valence-corrected chi connectivity index (χ2v) is 5.07. The molecule has 2 aromatic rings. The van der Waals surface area contributed by atoms with Crippen LogP contribution in [0, 0.1) is 0 Å². The SMILES string of the molecule is NC(=O)CN(CC(=O)O)C(=O)Nc1ccc2ncsc2c1. The first-order valence-corrected chi connectivity index (χ1v) is 6.73. The van der Waals surface area contributed by atoms with Crippen molar-refractivity contribution in [2.75, 3.05) is 18.4 Å². The molecule has 0 radical (unpaired) electrons. The number of fused-ring (bicyclic) bond motifs is 1. The molecule has 8 nitrogen and oxygen atoms in total. The van der Waals surface area contributed by atoms with Crippen molar-refractivity contribution in [1.82, 2.24) is 9.88 Å². The molecule has 1 aromatic carbocycles. The maximum absolute atomic E-state index is 12.0. The molecular weight excluding hydrogens is 296 g/mol. The summed E-state index contributed by atoms with van der Waals surface area (Å²) in [5.41, 5.74) is 7.97. The standard InChI is InChI=1S/C12H12N4O4S/c13-10(17)4-16(5-11(18)19)12(20)15-7-1-2-8-9(3-7)21-6-14-8/h1-3,6H,4-5H2,(H2,13,17)(H,15,20)(H,18,19). The largest absolute Gasteiger partial charge is 0.480 e. The van der Waals surface area contributed by atoms with Gasteiger partial charge in [-0.15, -0.1) is 11.3 Å². The molecule has 21 heavy (non-hydrogen) atoms. The number of carboxylic acid groups (broad SMARTS) is 1. The van der Waals surface area contributed by atoms with Crippen molar-refractivity contribution in [3.05, 3.63) is 23.7 Å². The number of anilines is 1. The van der Waals surface area contributed by atoms with Crippen LogP contribution in [0.4, 0.5) is 10.5 Å². The number of nitrogens with one attached hydrogen (secondary N) is 1. The van der Waals surface area contributed by atoms with Crippen LogP contribution >= 0.6 is 11.3 Å². The lowest BCUT2D eigenvalue weighted by atomic mass is 10.3. The summed E-state index contributed by atoms with van der Waals surface area (Å²) in [5, 5.41) is 11.3. The summed E-state index contributed by atoms with van der Waals surface area (Å²) in [6, 6.07) is 4.38. The minimum Gasteiger partial charge on any atom is -0.480 e. The molecule has 0 bridgehead atoms. The maximum Gasteiger partial charge on any atom is 0.323 e. The smallest absolute Gasteiger partial charge is 0.323 e. The first-order valence-electron chi connectivity index (χ1n) is 5.85. The van der Waals surface area contributed by atoms with Crippen molar-refractivity contribution in [2.45, 2.75) is 0 Å². The molecule has 0 aliphatic rings. The van der Waals surface area contributed by atoms with Crippen LogP contribution in [0.3, 0.4) is 0 Å². The van der Waals surface area contributed by atoms with E-state index in [4.69, 9.17) is 10.8 Å². The molecule has 0 atom stereocenters. The quantitative estimate of drug-likeness (QED) is 0.749. The number of nitrogens with two attached hydrogens (primary N) is 1. The van der Waals surface area contributed by atoms with Gasteiger partial charge in [-0.05, 0) is 18.2 Å². The van der Waals surface area contributed by atoms with E-state index in [2.05, 4.69) is 10.3 Å². The van der Waals surface area contributed by atoms with Gasteiger partial charge in [-0.1, -0.05) is 0 Å². The number of primary amides is 1. The highest BCUT2D eigenvalue weighted by molar-refractivity contribution is 7.16. The molecule has 110 valence electrons. The Labute approximate surface area is 123 Å². The minimum absolute atomic E-state index is 0.471. The molecule has 0 spiro atoms. The van der Waals surface area contributed by atoms with Crippen LogP contribution in [-0.2, 0) is 9.59 Å². The highest BCUT2D eigenvalue weighted by atomic mass is 32.1. The van der Waals surface area contributed by atoms with Gasteiger partial charge in [0.15, 0.2) is 0 Å². The van der Waals surface area contributed by atoms with E-state index in [0.717, 1.165) is 15.1 Å². The molecule has 1 aromatic heterocycles. The Kier molecular flexibility index (Phi) is 4.33. The van der Waals surface area contributed by atoms with Crippen LogP contribution in [0.2, 0.25) is 0 Å². The zero-order valence-corrected chi connectivity index (χ0v) is 11.6. The van der Waals surface area contributed by atoms with Crippen LogP contribution < -0.4 is 11.1 Å². The molecule has 0 saturated heterocycles. The fraction of sp³-hybridized carbons (Fsp3) is 0.167. The highest BCUT2D eigenvalue weighted by Gasteiger charge is 2.19. The van der Waals surface area contributed by atoms with E-state index in [1.807, 2.05) is 0 Å². The van der Waals surface area contributed by atoms with Crippen LogP contribution in [0.15, 0.2) is 23.7 Å². The number of aliphatic carboxylic acids is 1. The number of carboxylic acids is 1. The fourth-order valence-corrected chi connectivity index (χ4v) is 2.40. The lowest BCUT2D eigenvalue weighted by Gasteiger charge is -2.19. The Morgan fingerprint density at radius 3 is 2.76 bits per heavy atom. The summed E-state index contributed by atoms with van der Waals surface area (Å²) in [6.45, 7) is -1.08. The second kappa shape index (κ2) is 6.18. The number of rotatable bonds is 5. The molecule has 4 N–H and O–H groups in total. The van der Waals surface area contributed by atoms with Gasteiger partial charge in [-0.25, -0.2) is 9.78 Å². The van der Waals surface area contributed by atoms with E-state index in [-0.39, 0.29) is 0 Å². The van der Waals surface area contributed by atoms with E-state index in [0.29, 0.717) is 5.69 Å². The molecule has 1 heterocycles. The minimum atomic E-state index is -1.23. The third-order valence-corrected chi connectivity index (χ3v) is 3.33. The third kappa shape index (κ3) is 3.89. The molecule has 0 aliphatic heterocycles. The predicted molar refractivity (Wildman–Crippen MR) is 77.0 cm³/mol. The zero-order valence-electron chi connectivity index (χ0n) is 10.8. The number of carbonyl (C=O) groups is 3. The summed E-state index contributed by atoms with van der Waals surface area (Å²) in [6.07, 6.45) is 0. The number of aromatic nitrogens is 1. The maximum atomic E-state index is 12.0. The molecule has 2 rings (SSSR count). The number of hydrogen-bond acceptors (Lipinski definition) is 5. The molecule has 0 saturated carbocycles. The number of urea groups is 1. The van der Waals surface area contributed by atoms with Gasteiger partial charge in [0.2, 0.25) is 5.91 Å². The number of benzene rings is 1. The van der Waals surface area contributed by atoms with E-state index in [1.165, 1.54) is 11.3 Å². The van der Waals surface area contributed by atoms with Gasteiger partial charge in [0.05, 0.1) is 15.7 Å². The van der Waals surface area contributed by atoms with Crippen LogP contribution in [0.25, 0.3) is 10.2 Å². The van der Waals surface area contributed by atoms with Gasteiger partial charge < -0.3 is 21.1 Å². The van der Waals surface area contributed by atoms with Crippen LogP contribution in [0.5, 0.6) is 0 Å². The summed E-state index contributed by atoms with van der Waals surface area (Å²) >= 11 is 1.41. The second-order valence-electron chi connectivity index (χ2n) is 4.18. The molecular formula is C12H12N4O4S. The van der Waals surface area contributed by atoms with Gasteiger partial charge in [0, 0.05) is 5.69 Å². The molecule has 3 amide bonds. The normalized spacial score (nSPS) is 10.3. The van der Waals surface area contributed by atoms with Gasteiger partial charge in [0.1, 0.15) is 13.1 Å². The number of nitrogens with zero attached hydrogens (tertiary/aromatic N) is 2. The van der Waals surface area contributed by atoms with Crippen LogP contribution in [-0.4, -0.2) is 46.0 Å². The Balaban J connectivity index is 2.12. The molecule has 0 fully saturated rings. The predicted octanol–water partition coefficient (Wildman–Crippen LogP) is 0.700. The zero-order chi connectivity index (χ0) is 15.4. The summed E-state index contributed by atoms with van der Waals surface area (Å²) in [4.78, 5) is 38.5. The summed E-state index contributed by atoms with van der Waals surface area (Å²) < 4.78 is 0.882. The van der Waals surface area contributed by atoms with Crippen molar-refractivity contribution >= 4 is 45.1 Å². The summed E-state index contributed by atoms with van der Waals surface area (Å²) in [5.74, 6) is -2.02.